The van der Waals surface area contributed by atoms with Gasteiger partial charge < -0.3 is 14.2 Å². The molecule has 0 radical (unpaired) electrons. The first kappa shape index (κ1) is 18.4. The molecule has 0 amide bonds. The van der Waals surface area contributed by atoms with Crippen LogP contribution in [0.2, 0.25) is 0 Å². The van der Waals surface area contributed by atoms with Gasteiger partial charge in [-0.15, -0.1) is 0 Å². The van der Waals surface area contributed by atoms with Gasteiger partial charge in [-0.1, -0.05) is 12.1 Å². The molecule has 0 spiro atoms. The van der Waals surface area contributed by atoms with Crippen LogP contribution >= 0.6 is 0 Å². The second kappa shape index (κ2) is 7.90. The van der Waals surface area contributed by atoms with Crippen molar-refractivity contribution in [3.05, 3.63) is 66.6 Å². The molecule has 0 saturated carbocycles. The van der Waals surface area contributed by atoms with Crippen molar-refractivity contribution in [3.63, 3.8) is 0 Å². The molecule has 0 atom stereocenters. The summed E-state index contributed by atoms with van der Waals surface area (Å²) < 4.78 is 65.6. The highest BCUT2D eigenvalue weighted by molar-refractivity contribution is 5.41. The highest BCUT2D eigenvalue weighted by Crippen LogP contribution is 2.32. The van der Waals surface area contributed by atoms with Crippen LogP contribution in [0, 0.1) is 5.82 Å². The first-order valence-corrected chi connectivity index (χ1v) is 7.62. The SMILES string of the molecule is Fc1ccc(Oc2ccnc(Oc3ccccc3OCC(F)(F)F)n2)cc1. The van der Waals surface area contributed by atoms with Crippen molar-refractivity contribution in [2.45, 2.75) is 6.18 Å². The molecular weight excluding hydrogens is 368 g/mol. The zero-order valence-electron chi connectivity index (χ0n) is 13.6. The van der Waals surface area contributed by atoms with Gasteiger partial charge in [0, 0.05) is 12.3 Å². The van der Waals surface area contributed by atoms with Crippen LogP contribution in [-0.4, -0.2) is 22.8 Å². The van der Waals surface area contributed by atoms with E-state index < -0.39 is 18.6 Å². The molecular formula is C18H12F4N2O3. The zero-order chi connectivity index (χ0) is 19.3. The van der Waals surface area contributed by atoms with Gasteiger partial charge in [0.25, 0.3) is 0 Å². The van der Waals surface area contributed by atoms with E-state index in [-0.39, 0.29) is 23.4 Å². The summed E-state index contributed by atoms with van der Waals surface area (Å²) in [6.45, 7) is -1.46. The number of ether oxygens (including phenoxy) is 3. The molecule has 0 bridgehead atoms. The maximum absolute atomic E-state index is 12.9. The number of nitrogens with zero attached hydrogens (tertiary/aromatic N) is 2. The van der Waals surface area contributed by atoms with Crippen molar-refractivity contribution < 1.29 is 31.8 Å². The maximum Gasteiger partial charge on any atom is 0.422 e. The first-order valence-electron chi connectivity index (χ1n) is 7.62. The molecule has 27 heavy (non-hydrogen) atoms. The molecule has 1 heterocycles. The Labute approximate surface area is 151 Å². The summed E-state index contributed by atoms with van der Waals surface area (Å²) in [7, 11) is 0. The van der Waals surface area contributed by atoms with Crippen molar-refractivity contribution in [2.75, 3.05) is 6.61 Å². The monoisotopic (exact) mass is 380 g/mol. The second-order valence-corrected chi connectivity index (χ2v) is 5.19. The van der Waals surface area contributed by atoms with Crippen LogP contribution < -0.4 is 14.2 Å². The quantitative estimate of drug-likeness (QED) is 0.554. The second-order valence-electron chi connectivity index (χ2n) is 5.19. The number of benzene rings is 2. The van der Waals surface area contributed by atoms with E-state index in [4.69, 9.17) is 14.2 Å². The Kier molecular flexibility index (Phi) is 5.39. The largest absolute Gasteiger partial charge is 0.480 e. The summed E-state index contributed by atoms with van der Waals surface area (Å²) in [5.74, 6) is -0.0521. The molecule has 0 unspecified atom stereocenters. The van der Waals surface area contributed by atoms with E-state index in [1.165, 1.54) is 54.7 Å². The molecule has 140 valence electrons. The first-order chi connectivity index (χ1) is 12.9. The Morgan fingerprint density at radius 1 is 0.852 bits per heavy atom. The Bertz CT molecular complexity index is 902. The highest BCUT2D eigenvalue weighted by Gasteiger charge is 2.29. The molecule has 0 saturated heterocycles. The van der Waals surface area contributed by atoms with Gasteiger partial charge in [0.1, 0.15) is 11.6 Å². The third-order valence-electron chi connectivity index (χ3n) is 3.09. The fraction of sp³-hybridized carbons (Fsp3) is 0.111. The summed E-state index contributed by atoms with van der Waals surface area (Å²) in [5.41, 5.74) is 0. The molecule has 0 N–H and O–H groups in total. The molecule has 1 aromatic heterocycles. The number of aromatic nitrogens is 2. The van der Waals surface area contributed by atoms with E-state index in [9.17, 15) is 17.6 Å². The molecule has 3 rings (SSSR count). The van der Waals surface area contributed by atoms with E-state index in [1.807, 2.05) is 0 Å². The van der Waals surface area contributed by atoms with E-state index in [0.717, 1.165) is 0 Å². The summed E-state index contributed by atoms with van der Waals surface area (Å²) in [4.78, 5) is 7.90. The van der Waals surface area contributed by atoms with Gasteiger partial charge in [0.2, 0.25) is 5.88 Å². The minimum Gasteiger partial charge on any atom is -0.480 e. The summed E-state index contributed by atoms with van der Waals surface area (Å²) in [6.07, 6.45) is -3.13. The molecule has 0 aliphatic rings. The summed E-state index contributed by atoms with van der Waals surface area (Å²) in [6, 6.07) is 12.4. The third-order valence-corrected chi connectivity index (χ3v) is 3.09. The van der Waals surface area contributed by atoms with Crippen LogP contribution in [0.5, 0.6) is 29.1 Å². The number of hydrogen-bond donors (Lipinski definition) is 0. The van der Waals surface area contributed by atoms with Crippen LogP contribution in [0.15, 0.2) is 60.8 Å². The normalized spacial score (nSPS) is 11.1. The lowest BCUT2D eigenvalue weighted by atomic mass is 10.3. The fourth-order valence-electron chi connectivity index (χ4n) is 1.97. The van der Waals surface area contributed by atoms with Crippen molar-refractivity contribution >= 4 is 0 Å². The molecule has 2 aromatic carbocycles. The third kappa shape index (κ3) is 5.56. The average Bonchev–Trinajstić information content (AvgIpc) is 2.63. The van der Waals surface area contributed by atoms with Crippen LogP contribution in [0.4, 0.5) is 17.6 Å². The van der Waals surface area contributed by atoms with Gasteiger partial charge in [-0.05, 0) is 36.4 Å². The van der Waals surface area contributed by atoms with E-state index >= 15 is 0 Å². The molecule has 0 aliphatic carbocycles. The lowest BCUT2D eigenvalue weighted by Gasteiger charge is -2.13. The van der Waals surface area contributed by atoms with Crippen LogP contribution in [0.25, 0.3) is 0 Å². The molecule has 3 aromatic rings. The van der Waals surface area contributed by atoms with E-state index in [1.54, 1.807) is 6.07 Å². The number of halogens is 4. The lowest BCUT2D eigenvalue weighted by molar-refractivity contribution is -0.153. The highest BCUT2D eigenvalue weighted by atomic mass is 19.4. The number of para-hydroxylation sites is 2. The lowest BCUT2D eigenvalue weighted by Crippen LogP contribution is -2.19. The Morgan fingerprint density at radius 3 is 2.26 bits per heavy atom. The minimum absolute atomic E-state index is 0.0145. The van der Waals surface area contributed by atoms with Crippen molar-refractivity contribution in [1.29, 1.82) is 0 Å². The van der Waals surface area contributed by atoms with E-state index in [2.05, 4.69) is 9.97 Å². The predicted molar refractivity (Wildman–Crippen MR) is 86.6 cm³/mol. The standard InChI is InChI=1S/C18H12F4N2O3/c19-12-5-7-13(8-6-12)26-16-9-10-23-17(24-16)27-15-4-2-1-3-14(15)25-11-18(20,21)22/h1-10H,11H2. The van der Waals surface area contributed by atoms with Crippen LogP contribution in [-0.2, 0) is 0 Å². The maximum atomic E-state index is 12.9. The predicted octanol–water partition coefficient (Wildman–Crippen LogP) is 5.14. The average molecular weight is 380 g/mol. The molecule has 0 fully saturated rings. The van der Waals surface area contributed by atoms with Crippen molar-refractivity contribution in [3.8, 4) is 29.1 Å². The molecule has 9 heteroatoms. The Hall–Kier alpha value is -3.36. The summed E-state index contributed by atoms with van der Waals surface area (Å²) in [5, 5.41) is 0. The van der Waals surface area contributed by atoms with E-state index in [0.29, 0.717) is 5.75 Å². The smallest absolute Gasteiger partial charge is 0.422 e. The van der Waals surface area contributed by atoms with Crippen LogP contribution in [0.1, 0.15) is 0 Å². The number of alkyl halides is 3. The van der Waals surface area contributed by atoms with Gasteiger partial charge in [-0.25, -0.2) is 9.37 Å². The number of rotatable bonds is 6. The Morgan fingerprint density at radius 2 is 1.56 bits per heavy atom. The summed E-state index contributed by atoms with van der Waals surface area (Å²) >= 11 is 0. The Balaban J connectivity index is 1.74. The minimum atomic E-state index is -4.48. The molecule has 5 nitrogen and oxygen atoms in total. The van der Waals surface area contributed by atoms with Crippen molar-refractivity contribution in [1.82, 2.24) is 9.97 Å². The van der Waals surface area contributed by atoms with Gasteiger partial charge >= 0.3 is 12.2 Å². The fourth-order valence-corrected chi connectivity index (χ4v) is 1.97. The van der Waals surface area contributed by atoms with Crippen molar-refractivity contribution in [2.24, 2.45) is 0 Å². The topological polar surface area (TPSA) is 53.5 Å². The zero-order valence-corrected chi connectivity index (χ0v) is 13.6. The van der Waals surface area contributed by atoms with Crippen LogP contribution in [0.3, 0.4) is 0 Å². The van der Waals surface area contributed by atoms with Gasteiger partial charge in [-0.2, -0.15) is 18.2 Å². The van der Waals surface area contributed by atoms with Gasteiger partial charge in [-0.3, -0.25) is 0 Å². The molecule has 0 aliphatic heterocycles. The van der Waals surface area contributed by atoms with Gasteiger partial charge in [0.05, 0.1) is 0 Å². The van der Waals surface area contributed by atoms with Gasteiger partial charge in [0.15, 0.2) is 18.1 Å². The number of hydrogen-bond acceptors (Lipinski definition) is 5.